The number of nitrogens with two attached hydrogens (primary N) is 1. The second-order valence-corrected chi connectivity index (χ2v) is 5.11. The van der Waals surface area contributed by atoms with Gasteiger partial charge in [-0.05, 0) is 12.3 Å². The van der Waals surface area contributed by atoms with E-state index in [0.717, 1.165) is 5.56 Å². The van der Waals surface area contributed by atoms with E-state index in [4.69, 9.17) is 5.73 Å². The number of primary amides is 1. The first-order chi connectivity index (χ1) is 8.97. The Bertz CT molecular complexity index is 513. The number of hydrogen-bond donors (Lipinski definition) is 1. The maximum Gasteiger partial charge on any atom is 0.286 e. The van der Waals surface area contributed by atoms with Gasteiger partial charge < -0.3 is 10.6 Å². The van der Waals surface area contributed by atoms with Gasteiger partial charge in [0.15, 0.2) is 0 Å². The van der Waals surface area contributed by atoms with Crippen LogP contribution < -0.4 is 5.73 Å². The van der Waals surface area contributed by atoms with E-state index in [2.05, 4.69) is 16.2 Å². The molecular formula is C13H17N4O2. The van der Waals surface area contributed by atoms with Crippen LogP contribution in [-0.2, 0) is 17.8 Å². The van der Waals surface area contributed by atoms with Crippen LogP contribution in [0, 0.1) is 12.1 Å². The van der Waals surface area contributed by atoms with Crippen molar-refractivity contribution >= 4 is 11.8 Å². The van der Waals surface area contributed by atoms with Crippen molar-refractivity contribution in [2.45, 2.75) is 33.2 Å². The molecule has 19 heavy (non-hydrogen) atoms. The number of amides is 2. The minimum absolute atomic E-state index is 0.0445. The van der Waals surface area contributed by atoms with E-state index in [1.165, 1.54) is 0 Å². The summed E-state index contributed by atoms with van der Waals surface area (Å²) in [7, 11) is 0. The van der Waals surface area contributed by atoms with Crippen LogP contribution in [0.1, 0.15) is 42.1 Å². The van der Waals surface area contributed by atoms with Crippen LogP contribution in [0.4, 0.5) is 0 Å². The normalized spacial score (nSPS) is 14.4. The molecule has 101 valence electrons. The predicted octanol–water partition coefficient (Wildman–Crippen LogP) is 0.306. The zero-order valence-corrected chi connectivity index (χ0v) is 11.1. The van der Waals surface area contributed by atoms with Crippen molar-refractivity contribution < 1.29 is 9.59 Å². The Labute approximate surface area is 112 Å². The summed E-state index contributed by atoms with van der Waals surface area (Å²) in [5, 5.41) is 0. The van der Waals surface area contributed by atoms with E-state index in [9.17, 15) is 9.59 Å². The Morgan fingerprint density at radius 2 is 2.21 bits per heavy atom. The lowest BCUT2D eigenvalue weighted by molar-refractivity contribution is -0.132. The van der Waals surface area contributed by atoms with Crippen molar-refractivity contribution in [1.82, 2.24) is 14.9 Å². The summed E-state index contributed by atoms with van der Waals surface area (Å²) in [5.74, 6) is -0.284. The van der Waals surface area contributed by atoms with Gasteiger partial charge in [-0.2, -0.15) is 0 Å². The van der Waals surface area contributed by atoms with Crippen LogP contribution >= 0.6 is 0 Å². The molecule has 1 aromatic heterocycles. The Morgan fingerprint density at radius 1 is 1.47 bits per heavy atom. The molecule has 0 atom stereocenters. The summed E-state index contributed by atoms with van der Waals surface area (Å²) < 4.78 is 0. The summed E-state index contributed by atoms with van der Waals surface area (Å²) in [5.41, 5.74) is 6.68. The van der Waals surface area contributed by atoms with E-state index in [1.54, 1.807) is 4.90 Å². The molecule has 2 heterocycles. The summed E-state index contributed by atoms with van der Waals surface area (Å²) >= 11 is 0. The van der Waals surface area contributed by atoms with Gasteiger partial charge in [0.05, 0.1) is 18.4 Å². The second-order valence-electron chi connectivity index (χ2n) is 5.11. The molecule has 2 amide bonds. The Hall–Kier alpha value is -1.98. The van der Waals surface area contributed by atoms with Crippen LogP contribution in [0.2, 0.25) is 0 Å². The Morgan fingerprint density at radius 3 is 2.84 bits per heavy atom. The maximum absolute atomic E-state index is 12.0. The Balaban J connectivity index is 2.16. The molecule has 0 aliphatic carbocycles. The molecule has 0 aromatic carbocycles. The number of hydrogen-bond acceptors (Lipinski definition) is 4. The number of fused-ring (bicyclic) bond motifs is 1. The lowest BCUT2D eigenvalue weighted by Gasteiger charge is -2.28. The monoisotopic (exact) mass is 261 g/mol. The highest BCUT2D eigenvalue weighted by molar-refractivity contribution is 5.88. The van der Waals surface area contributed by atoms with Gasteiger partial charge >= 0.3 is 0 Å². The van der Waals surface area contributed by atoms with E-state index >= 15 is 0 Å². The second kappa shape index (κ2) is 5.34. The van der Waals surface area contributed by atoms with Crippen LogP contribution in [0.25, 0.3) is 0 Å². The lowest BCUT2D eigenvalue weighted by atomic mass is 10.0. The molecule has 1 aliphatic heterocycles. The van der Waals surface area contributed by atoms with Crippen molar-refractivity contribution in [3.8, 4) is 0 Å². The average molecular weight is 261 g/mol. The van der Waals surface area contributed by atoms with Crippen molar-refractivity contribution in [1.29, 1.82) is 0 Å². The molecule has 2 rings (SSSR count). The van der Waals surface area contributed by atoms with Crippen molar-refractivity contribution in [3.63, 3.8) is 0 Å². The van der Waals surface area contributed by atoms with E-state index in [-0.39, 0.29) is 11.7 Å². The summed E-state index contributed by atoms with van der Waals surface area (Å²) in [6.07, 6.45) is 3.97. The van der Waals surface area contributed by atoms with Crippen molar-refractivity contribution in [2.75, 3.05) is 6.54 Å². The number of nitrogens with zero attached hydrogens (tertiary/aromatic N) is 3. The molecule has 0 bridgehead atoms. The number of aromatic nitrogens is 2. The SMILES string of the molecule is CC(C)CC(=O)N1CCc2[c]nc(C(N)=O)nc2C1. The highest BCUT2D eigenvalue weighted by Crippen LogP contribution is 2.17. The van der Waals surface area contributed by atoms with Gasteiger partial charge in [0, 0.05) is 18.5 Å². The fourth-order valence-corrected chi connectivity index (χ4v) is 2.04. The molecule has 1 radical (unpaired) electrons. The van der Waals surface area contributed by atoms with Crippen LogP contribution in [0.3, 0.4) is 0 Å². The zero-order chi connectivity index (χ0) is 14.0. The smallest absolute Gasteiger partial charge is 0.286 e. The van der Waals surface area contributed by atoms with Crippen LogP contribution in [0.15, 0.2) is 0 Å². The topological polar surface area (TPSA) is 89.2 Å². The number of carbonyl (C=O) groups excluding carboxylic acids is 2. The molecule has 1 aromatic rings. The first kappa shape index (κ1) is 13.5. The highest BCUT2D eigenvalue weighted by Gasteiger charge is 2.23. The fourth-order valence-electron chi connectivity index (χ4n) is 2.04. The molecule has 1 aliphatic rings. The minimum Gasteiger partial charge on any atom is -0.363 e. The number of rotatable bonds is 3. The molecular weight excluding hydrogens is 244 g/mol. The highest BCUT2D eigenvalue weighted by atomic mass is 16.2. The number of carbonyl (C=O) groups is 2. The van der Waals surface area contributed by atoms with Crippen LogP contribution in [0.5, 0.6) is 0 Å². The molecule has 0 spiro atoms. The molecule has 6 nitrogen and oxygen atoms in total. The van der Waals surface area contributed by atoms with Crippen LogP contribution in [-0.4, -0.2) is 33.2 Å². The van der Waals surface area contributed by atoms with Gasteiger partial charge in [-0.15, -0.1) is 0 Å². The molecule has 0 unspecified atom stereocenters. The van der Waals surface area contributed by atoms with E-state index in [1.807, 2.05) is 13.8 Å². The minimum atomic E-state index is -0.676. The third-order valence-electron chi connectivity index (χ3n) is 3.01. The van der Waals surface area contributed by atoms with E-state index < -0.39 is 5.91 Å². The Kier molecular flexibility index (Phi) is 3.78. The zero-order valence-electron chi connectivity index (χ0n) is 11.1. The lowest BCUT2D eigenvalue weighted by Crippen LogP contribution is -2.37. The van der Waals surface area contributed by atoms with Crippen molar-refractivity contribution in [3.05, 3.63) is 23.3 Å². The third-order valence-corrected chi connectivity index (χ3v) is 3.01. The van der Waals surface area contributed by atoms with E-state index in [0.29, 0.717) is 37.5 Å². The summed E-state index contributed by atoms with van der Waals surface area (Å²) in [4.78, 5) is 32.7. The third kappa shape index (κ3) is 3.07. The predicted molar refractivity (Wildman–Crippen MR) is 68.0 cm³/mol. The largest absolute Gasteiger partial charge is 0.363 e. The standard InChI is InChI=1S/C13H17N4O2/c1-8(2)5-11(18)17-4-3-9-6-15-13(12(14)19)16-10(9)7-17/h8H,3-5,7H2,1-2H3,(H2,14,19). The summed E-state index contributed by atoms with van der Waals surface area (Å²) in [6, 6.07) is 0. The van der Waals surface area contributed by atoms with Crippen molar-refractivity contribution in [2.24, 2.45) is 11.7 Å². The van der Waals surface area contributed by atoms with Gasteiger partial charge in [-0.3, -0.25) is 9.59 Å². The quantitative estimate of drug-likeness (QED) is 0.847. The molecule has 6 heteroatoms. The van der Waals surface area contributed by atoms with Gasteiger partial charge in [-0.1, -0.05) is 13.8 Å². The molecule has 0 saturated carbocycles. The average Bonchev–Trinajstić information content (AvgIpc) is 2.36. The molecule has 0 saturated heterocycles. The van der Waals surface area contributed by atoms with Gasteiger partial charge in [-0.25, -0.2) is 9.97 Å². The first-order valence-corrected chi connectivity index (χ1v) is 6.32. The molecule has 2 N–H and O–H groups in total. The van der Waals surface area contributed by atoms with Gasteiger partial charge in [0.25, 0.3) is 5.91 Å². The molecule has 0 fully saturated rings. The summed E-state index contributed by atoms with van der Waals surface area (Å²) in [6.45, 7) is 5.07. The fraction of sp³-hybridized carbons (Fsp3) is 0.538. The first-order valence-electron chi connectivity index (χ1n) is 6.32. The van der Waals surface area contributed by atoms with Gasteiger partial charge in [0.2, 0.25) is 11.7 Å². The maximum atomic E-state index is 12.0. The van der Waals surface area contributed by atoms with Gasteiger partial charge in [0.1, 0.15) is 0 Å².